The van der Waals surface area contributed by atoms with Gasteiger partial charge in [0.25, 0.3) is 0 Å². The molecule has 40 heavy (non-hydrogen) atoms. The van der Waals surface area contributed by atoms with E-state index in [2.05, 4.69) is 36.2 Å². The summed E-state index contributed by atoms with van der Waals surface area (Å²) in [6.45, 7) is 14.0. The summed E-state index contributed by atoms with van der Waals surface area (Å²) in [4.78, 5) is 29.1. The molecule has 0 saturated carbocycles. The summed E-state index contributed by atoms with van der Waals surface area (Å²) in [6, 6.07) is 4.56. The molecule has 0 aliphatic carbocycles. The number of imidazole rings is 1. The highest BCUT2D eigenvalue weighted by Gasteiger charge is 2.27. The van der Waals surface area contributed by atoms with Gasteiger partial charge in [-0.2, -0.15) is 0 Å². The molecular weight excluding hydrogens is 512 g/mol. The minimum Gasteiger partial charge on any atom is -0.357 e. The summed E-state index contributed by atoms with van der Waals surface area (Å²) in [7, 11) is 4.06. The van der Waals surface area contributed by atoms with E-state index in [4.69, 9.17) is 4.98 Å². The average Bonchev–Trinajstić information content (AvgIpc) is 3.54. The number of halogens is 2. The lowest BCUT2D eigenvalue weighted by atomic mass is 9.95. The number of piperidine rings is 1. The van der Waals surface area contributed by atoms with Crippen LogP contribution < -0.4 is 5.32 Å². The Labute approximate surface area is 236 Å². The zero-order valence-electron chi connectivity index (χ0n) is 24.7. The third-order valence-corrected chi connectivity index (χ3v) is 7.02. The van der Waals surface area contributed by atoms with Gasteiger partial charge in [-0.15, -0.1) is 0 Å². The van der Waals surface area contributed by atoms with Gasteiger partial charge >= 0.3 is 0 Å². The molecule has 1 N–H and O–H groups in total. The van der Waals surface area contributed by atoms with Gasteiger partial charge in [-0.3, -0.25) is 4.79 Å². The number of aliphatic imine (C=N–C) groups is 2. The largest absolute Gasteiger partial charge is 0.357 e. The monoisotopic (exact) mass is 555 g/mol. The van der Waals surface area contributed by atoms with Crippen molar-refractivity contribution < 1.29 is 13.6 Å². The van der Waals surface area contributed by atoms with Crippen molar-refractivity contribution in [2.75, 3.05) is 33.7 Å². The second kappa shape index (κ2) is 13.8. The van der Waals surface area contributed by atoms with Crippen LogP contribution in [-0.4, -0.2) is 71.2 Å². The van der Waals surface area contributed by atoms with E-state index in [0.29, 0.717) is 30.1 Å². The first-order valence-corrected chi connectivity index (χ1v) is 14.1. The molecule has 2 aromatic rings. The fraction of sp³-hybridized carbons (Fsp3) is 0.533. The number of likely N-dealkylation sites (tertiary alicyclic amines) is 1. The van der Waals surface area contributed by atoms with Crippen molar-refractivity contribution in [3.8, 4) is 11.3 Å². The molecule has 10 heteroatoms. The Balaban J connectivity index is 0.00000216. The van der Waals surface area contributed by atoms with Crippen LogP contribution in [0.25, 0.3) is 11.3 Å². The fourth-order valence-corrected chi connectivity index (χ4v) is 4.78. The van der Waals surface area contributed by atoms with Gasteiger partial charge in [0.2, 0.25) is 5.91 Å². The summed E-state index contributed by atoms with van der Waals surface area (Å²) in [5.74, 6) is 1.93. The number of carbonyl (C=O) groups is 1. The molecule has 2 aliphatic rings. The fourth-order valence-electron chi connectivity index (χ4n) is 4.78. The molecule has 0 atom stereocenters. The molecule has 1 aromatic carbocycles. The molecule has 4 rings (SSSR count). The highest BCUT2D eigenvalue weighted by Crippen LogP contribution is 2.34. The van der Waals surface area contributed by atoms with Crippen LogP contribution >= 0.6 is 0 Å². The van der Waals surface area contributed by atoms with E-state index in [1.54, 1.807) is 12.1 Å². The highest BCUT2D eigenvalue weighted by molar-refractivity contribution is 6.06. The summed E-state index contributed by atoms with van der Waals surface area (Å²) in [5.41, 5.74) is -0.325. The van der Waals surface area contributed by atoms with Crippen LogP contribution in [0.4, 0.5) is 8.78 Å². The van der Waals surface area contributed by atoms with Crippen LogP contribution in [0.15, 0.2) is 46.8 Å². The number of amides is 1. The molecule has 0 radical (unpaired) electrons. The predicted octanol–water partition coefficient (Wildman–Crippen LogP) is 5.47. The predicted molar refractivity (Wildman–Crippen MR) is 158 cm³/mol. The second-order valence-corrected chi connectivity index (χ2v) is 10.7. The maximum Gasteiger partial charge on any atom is 0.225 e. The Bertz CT molecular complexity index is 1240. The lowest BCUT2D eigenvalue weighted by molar-refractivity contribution is -0.118. The Morgan fingerprint density at radius 1 is 1.25 bits per heavy atom. The number of rotatable bonds is 9. The van der Waals surface area contributed by atoms with E-state index < -0.39 is 11.5 Å². The molecule has 2 fully saturated rings. The van der Waals surface area contributed by atoms with Crippen molar-refractivity contribution in [3.05, 3.63) is 54.0 Å². The number of alkyl halides is 1. The number of aromatic nitrogens is 2. The molecule has 3 heterocycles. The maximum atomic E-state index is 14.6. The SMILES string of the molecule is C=C(/N=C\N=C1CCC(=O)N1)N1CCC(c2nc(-c3ccc(F)c(C(C)(C)F)c3)cn2CCN(C)C)CC1.CC. The second-order valence-electron chi connectivity index (χ2n) is 10.7. The summed E-state index contributed by atoms with van der Waals surface area (Å²) in [6.07, 6.45) is 6.27. The van der Waals surface area contributed by atoms with Gasteiger partial charge in [0.15, 0.2) is 0 Å². The van der Waals surface area contributed by atoms with Crippen molar-refractivity contribution in [1.82, 2.24) is 24.7 Å². The number of nitrogens with zero attached hydrogens (tertiary/aromatic N) is 6. The van der Waals surface area contributed by atoms with Crippen LogP contribution in [0, 0.1) is 5.82 Å². The normalized spacial score (nSPS) is 17.5. The number of amidine groups is 1. The minimum absolute atomic E-state index is 0.0173. The van der Waals surface area contributed by atoms with Gasteiger partial charge in [0.1, 0.15) is 35.3 Å². The zero-order chi connectivity index (χ0) is 29.4. The van der Waals surface area contributed by atoms with Crippen molar-refractivity contribution in [3.63, 3.8) is 0 Å². The molecule has 0 unspecified atom stereocenters. The standard InChI is InChI=1S/C28H37F2N7O.C2H6/c1-19(31-18-32-25-8-9-26(38)34-25)36-12-10-20(11-13-36)27-33-24(17-37(27)15-14-35(4)5)21-6-7-23(29)22(16-21)28(2,3)30;1-2/h6-7,16-18,20H,1,8-15H2,2-5H3,(H,31,32,34,38);1-2H3. The maximum absolute atomic E-state index is 14.6. The van der Waals surface area contributed by atoms with E-state index in [9.17, 15) is 13.6 Å². The van der Waals surface area contributed by atoms with E-state index in [1.165, 1.54) is 26.3 Å². The Morgan fingerprint density at radius 3 is 2.55 bits per heavy atom. The highest BCUT2D eigenvalue weighted by atomic mass is 19.1. The van der Waals surface area contributed by atoms with Gasteiger partial charge < -0.3 is 19.7 Å². The third kappa shape index (κ3) is 8.06. The number of benzene rings is 1. The molecular formula is C30H43F2N7O. The van der Waals surface area contributed by atoms with Crippen LogP contribution in [0.3, 0.4) is 0 Å². The molecule has 0 bridgehead atoms. The first kappa shape index (κ1) is 31.1. The molecule has 1 amide bonds. The molecule has 1 aromatic heterocycles. The van der Waals surface area contributed by atoms with E-state index in [0.717, 1.165) is 50.5 Å². The molecule has 0 spiro atoms. The Kier molecular flexibility index (Phi) is 10.7. The van der Waals surface area contributed by atoms with E-state index in [-0.39, 0.29) is 17.4 Å². The summed E-state index contributed by atoms with van der Waals surface area (Å²) >= 11 is 0. The van der Waals surface area contributed by atoms with Gasteiger partial charge in [0, 0.05) is 62.3 Å². The minimum atomic E-state index is -1.79. The van der Waals surface area contributed by atoms with Crippen LogP contribution in [0.2, 0.25) is 0 Å². The summed E-state index contributed by atoms with van der Waals surface area (Å²) < 4.78 is 31.1. The van der Waals surface area contributed by atoms with Crippen LogP contribution in [0.1, 0.15) is 70.7 Å². The van der Waals surface area contributed by atoms with E-state index in [1.807, 2.05) is 34.1 Å². The van der Waals surface area contributed by atoms with Gasteiger partial charge in [-0.1, -0.05) is 20.4 Å². The molecule has 218 valence electrons. The number of nitrogens with one attached hydrogen (secondary N) is 1. The number of likely N-dealkylation sites (N-methyl/N-ethyl adjacent to an activating group) is 1. The average molecular weight is 556 g/mol. The third-order valence-electron chi connectivity index (χ3n) is 7.02. The lowest BCUT2D eigenvalue weighted by Gasteiger charge is -2.33. The first-order valence-electron chi connectivity index (χ1n) is 14.1. The van der Waals surface area contributed by atoms with Gasteiger partial charge in [-0.25, -0.2) is 23.7 Å². The van der Waals surface area contributed by atoms with Crippen LogP contribution in [0.5, 0.6) is 0 Å². The van der Waals surface area contributed by atoms with Crippen molar-refractivity contribution in [2.24, 2.45) is 9.98 Å². The Hall–Kier alpha value is -3.40. The van der Waals surface area contributed by atoms with Crippen molar-refractivity contribution in [1.29, 1.82) is 0 Å². The molecule has 8 nitrogen and oxygen atoms in total. The number of carbonyl (C=O) groups excluding carboxylic acids is 1. The van der Waals surface area contributed by atoms with E-state index >= 15 is 0 Å². The first-order chi connectivity index (χ1) is 19.0. The Morgan fingerprint density at radius 2 is 1.95 bits per heavy atom. The lowest BCUT2D eigenvalue weighted by Crippen LogP contribution is -2.32. The quantitative estimate of drug-likeness (QED) is 0.329. The topological polar surface area (TPSA) is 78.1 Å². The summed E-state index contributed by atoms with van der Waals surface area (Å²) in [5, 5.41) is 2.71. The molecule has 2 saturated heterocycles. The van der Waals surface area contributed by atoms with Crippen molar-refractivity contribution >= 4 is 18.1 Å². The van der Waals surface area contributed by atoms with Crippen LogP contribution in [-0.2, 0) is 17.0 Å². The van der Waals surface area contributed by atoms with Gasteiger partial charge in [-0.05, 0) is 59.0 Å². The number of hydrogen-bond donors (Lipinski definition) is 1. The van der Waals surface area contributed by atoms with Gasteiger partial charge in [0.05, 0.1) is 5.69 Å². The smallest absolute Gasteiger partial charge is 0.225 e. The molecule has 2 aliphatic heterocycles. The van der Waals surface area contributed by atoms with Crippen molar-refractivity contribution in [2.45, 2.75) is 71.5 Å². The number of hydrogen-bond acceptors (Lipinski definition) is 5. The zero-order valence-corrected chi connectivity index (χ0v) is 24.7.